The Bertz CT molecular complexity index is 868. The fraction of sp³-hybridized carbons (Fsp3) is 0.714. The van der Waals surface area contributed by atoms with Gasteiger partial charge in [-0.25, -0.2) is 4.98 Å². The molecule has 0 saturated heterocycles. The number of ether oxygens (including phenoxy) is 1. The molecule has 0 aromatic carbocycles. The van der Waals surface area contributed by atoms with E-state index in [1.54, 1.807) is 11.3 Å². The standard InChI is InChI=1S/C21H33N3O3S/c1-6-24(10-14(25)12-27-21(3,4)5)11-17-22-19(26)18-15-8-7-13(2)9-16(15)28-20(18)23-17/h13-14,25H,6-12H2,1-5H3,(H,22,23,26)/t13-,14-/m1/s1. The average Bonchev–Trinajstić information content (AvgIpc) is 2.96. The summed E-state index contributed by atoms with van der Waals surface area (Å²) < 4.78 is 5.67. The molecule has 0 fully saturated rings. The molecule has 1 aliphatic rings. The molecule has 6 nitrogen and oxygen atoms in total. The monoisotopic (exact) mass is 407 g/mol. The van der Waals surface area contributed by atoms with Crippen LogP contribution in [0.5, 0.6) is 0 Å². The van der Waals surface area contributed by atoms with Crippen molar-refractivity contribution in [2.75, 3.05) is 19.7 Å². The van der Waals surface area contributed by atoms with E-state index in [2.05, 4.69) is 16.8 Å². The third kappa shape index (κ3) is 5.20. The van der Waals surface area contributed by atoms with Crippen molar-refractivity contribution in [1.82, 2.24) is 14.9 Å². The largest absolute Gasteiger partial charge is 0.389 e. The Kier molecular flexibility index (Phi) is 6.59. The van der Waals surface area contributed by atoms with E-state index in [1.165, 1.54) is 10.4 Å². The maximum absolute atomic E-state index is 12.7. The van der Waals surface area contributed by atoms with Gasteiger partial charge in [-0.15, -0.1) is 11.3 Å². The Morgan fingerprint density at radius 2 is 2.18 bits per heavy atom. The second-order valence-electron chi connectivity index (χ2n) is 8.95. The van der Waals surface area contributed by atoms with Gasteiger partial charge in [0.2, 0.25) is 0 Å². The topological polar surface area (TPSA) is 78.5 Å². The van der Waals surface area contributed by atoms with Gasteiger partial charge in [0, 0.05) is 11.4 Å². The molecule has 2 N–H and O–H groups in total. The predicted molar refractivity (Wildman–Crippen MR) is 114 cm³/mol. The number of aliphatic hydroxyl groups excluding tert-OH is 1. The number of H-pyrrole nitrogens is 1. The van der Waals surface area contributed by atoms with Crippen molar-refractivity contribution in [3.05, 3.63) is 26.6 Å². The van der Waals surface area contributed by atoms with E-state index in [-0.39, 0.29) is 11.2 Å². The number of thiophene rings is 1. The van der Waals surface area contributed by atoms with E-state index >= 15 is 0 Å². The lowest BCUT2D eigenvalue weighted by Crippen LogP contribution is -2.37. The molecule has 0 aliphatic heterocycles. The quantitative estimate of drug-likeness (QED) is 0.737. The summed E-state index contributed by atoms with van der Waals surface area (Å²) in [5.41, 5.74) is 0.909. The number of nitrogens with zero attached hydrogens (tertiary/aromatic N) is 2. The molecular formula is C21H33N3O3S. The van der Waals surface area contributed by atoms with E-state index in [1.807, 2.05) is 27.7 Å². The summed E-state index contributed by atoms with van der Waals surface area (Å²) in [5, 5.41) is 11.1. The lowest BCUT2D eigenvalue weighted by molar-refractivity contribution is -0.0564. The Labute approximate surface area is 170 Å². The summed E-state index contributed by atoms with van der Waals surface area (Å²) in [4.78, 5) is 24.7. The fourth-order valence-corrected chi connectivity index (χ4v) is 5.08. The van der Waals surface area contributed by atoms with Gasteiger partial charge in [0.05, 0.1) is 30.2 Å². The van der Waals surface area contributed by atoms with Crippen LogP contribution in [0.25, 0.3) is 10.2 Å². The summed E-state index contributed by atoms with van der Waals surface area (Å²) in [5.74, 6) is 1.33. The highest BCUT2D eigenvalue weighted by Gasteiger charge is 2.23. The van der Waals surface area contributed by atoms with Gasteiger partial charge in [0.25, 0.3) is 5.56 Å². The molecule has 0 bridgehead atoms. The van der Waals surface area contributed by atoms with Crippen molar-refractivity contribution in [2.24, 2.45) is 5.92 Å². The minimum absolute atomic E-state index is 0.0280. The third-order valence-corrected chi connectivity index (χ3v) is 6.36. The summed E-state index contributed by atoms with van der Waals surface area (Å²) in [6.45, 7) is 12.3. The van der Waals surface area contributed by atoms with Gasteiger partial charge >= 0.3 is 0 Å². The van der Waals surface area contributed by atoms with Crippen molar-refractivity contribution in [1.29, 1.82) is 0 Å². The molecule has 0 radical (unpaired) electrons. The van der Waals surface area contributed by atoms with Gasteiger partial charge < -0.3 is 14.8 Å². The first-order valence-corrected chi connectivity index (χ1v) is 11.1. The normalized spacial score (nSPS) is 18.6. The van der Waals surface area contributed by atoms with Crippen LogP contribution in [-0.4, -0.2) is 51.4 Å². The first kappa shape index (κ1) is 21.4. The molecule has 2 atom stereocenters. The Balaban J connectivity index is 1.73. The number of nitrogens with one attached hydrogen (secondary N) is 1. The summed E-state index contributed by atoms with van der Waals surface area (Å²) in [7, 11) is 0. The van der Waals surface area contributed by atoms with Crippen LogP contribution in [0.4, 0.5) is 0 Å². The second kappa shape index (κ2) is 8.61. The van der Waals surface area contributed by atoms with E-state index in [0.717, 1.165) is 36.0 Å². The highest BCUT2D eigenvalue weighted by atomic mass is 32.1. The molecule has 0 amide bonds. The second-order valence-corrected chi connectivity index (χ2v) is 10.0. The van der Waals surface area contributed by atoms with Gasteiger partial charge in [-0.2, -0.15) is 0 Å². The Hall–Kier alpha value is -1.28. The van der Waals surface area contributed by atoms with Crippen LogP contribution in [0.1, 0.15) is 57.3 Å². The number of likely N-dealkylation sites (N-methyl/N-ethyl adjacent to an activating group) is 1. The molecule has 7 heteroatoms. The molecule has 0 saturated carbocycles. The summed E-state index contributed by atoms with van der Waals surface area (Å²) in [6.07, 6.45) is 2.58. The molecule has 156 valence electrons. The molecule has 1 aliphatic carbocycles. The van der Waals surface area contributed by atoms with Crippen LogP contribution < -0.4 is 5.56 Å². The maximum atomic E-state index is 12.7. The van der Waals surface area contributed by atoms with Crippen LogP contribution in [0, 0.1) is 5.92 Å². The molecule has 2 aromatic heterocycles. The van der Waals surface area contributed by atoms with Crippen LogP contribution >= 0.6 is 11.3 Å². The van der Waals surface area contributed by atoms with E-state index in [4.69, 9.17) is 9.72 Å². The van der Waals surface area contributed by atoms with Crippen LogP contribution in [0.3, 0.4) is 0 Å². The number of rotatable bonds is 7. The van der Waals surface area contributed by atoms with Crippen molar-refractivity contribution < 1.29 is 9.84 Å². The van der Waals surface area contributed by atoms with Gasteiger partial charge in [-0.05, 0) is 58.1 Å². The minimum Gasteiger partial charge on any atom is -0.389 e. The molecule has 3 rings (SSSR count). The average molecular weight is 408 g/mol. The van der Waals surface area contributed by atoms with Crippen LogP contribution in [-0.2, 0) is 24.1 Å². The molecule has 0 spiro atoms. The van der Waals surface area contributed by atoms with Crippen LogP contribution in [0.15, 0.2) is 4.79 Å². The number of aromatic amines is 1. The highest BCUT2D eigenvalue weighted by molar-refractivity contribution is 7.18. The zero-order chi connectivity index (χ0) is 20.5. The lowest BCUT2D eigenvalue weighted by atomic mass is 9.89. The van der Waals surface area contributed by atoms with E-state index in [9.17, 15) is 9.90 Å². The van der Waals surface area contributed by atoms with Gasteiger partial charge in [0.15, 0.2) is 0 Å². The molecule has 2 heterocycles. The first-order chi connectivity index (χ1) is 13.2. The number of hydrogen-bond acceptors (Lipinski definition) is 6. The first-order valence-electron chi connectivity index (χ1n) is 10.2. The lowest BCUT2D eigenvalue weighted by Gasteiger charge is -2.26. The number of fused-ring (bicyclic) bond motifs is 3. The van der Waals surface area contributed by atoms with Crippen molar-refractivity contribution in [3.63, 3.8) is 0 Å². The molecule has 28 heavy (non-hydrogen) atoms. The summed E-state index contributed by atoms with van der Waals surface area (Å²) in [6, 6.07) is 0. The van der Waals surface area contributed by atoms with Gasteiger partial charge in [0.1, 0.15) is 10.7 Å². The summed E-state index contributed by atoms with van der Waals surface area (Å²) >= 11 is 1.67. The van der Waals surface area contributed by atoms with E-state index in [0.29, 0.717) is 31.4 Å². The Morgan fingerprint density at radius 1 is 1.43 bits per heavy atom. The van der Waals surface area contributed by atoms with Crippen molar-refractivity contribution in [3.8, 4) is 0 Å². The SMILES string of the molecule is CCN(Cc1nc2sc3c(c2c(=O)[nH]1)CC[C@@H](C)C3)C[C@@H](O)COC(C)(C)C. The van der Waals surface area contributed by atoms with Crippen molar-refractivity contribution in [2.45, 2.75) is 72.1 Å². The zero-order valence-electron chi connectivity index (χ0n) is 17.7. The fourth-order valence-electron chi connectivity index (χ4n) is 3.68. The van der Waals surface area contributed by atoms with E-state index < -0.39 is 6.10 Å². The Morgan fingerprint density at radius 3 is 2.86 bits per heavy atom. The molecule has 2 aromatic rings. The molecule has 0 unspecified atom stereocenters. The number of aromatic nitrogens is 2. The molecular weight excluding hydrogens is 374 g/mol. The van der Waals surface area contributed by atoms with Crippen LogP contribution in [0.2, 0.25) is 0 Å². The number of hydrogen-bond donors (Lipinski definition) is 2. The zero-order valence-corrected chi connectivity index (χ0v) is 18.5. The van der Waals surface area contributed by atoms with Gasteiger partial charge in [-0.1, -0.05) is 13.8 Å². The third-order valence-electron chi connectivity index (χ3n) is 5.21. The number of aliphatic hydroxyl groups is 1. The maximum Gasteiger partial charge on any atom is 0.259 e. The number of aryl methyl sites for hydroxylation is 1. The van der Waals surface area contributed by atoms with Gasteiger partial charge in [-0.3, -0.25) is 9.69 Å². The van der Waals surface area contributed by atoms with Crippen molar-refractivity contribution >= 4 is 21.6 Å². The minimum atomic E-state index is -0.579. The highest BCUT2D eigenvalue weighted by Crippen LogP contribution is 2.35. The smallest absolute Gasteiger partial charge is 0.259 e. The predicted octanol–water partition coefficient (Wildman–Crippen LogP) is 3.11.